The van der Waals surface area contributed by atoms with Gasteiger partial charge in [-0.1, -0.05) is 49.7 Å². The van der Waals surface area contributed by atoms with Crippen molar-refractivity contribution in [2.75, 3.05) is 4.90 Å². The van der Waals surface area contributed by atoms with E-state index in [1.165, 1.54) is 33.8 Å². The van der Waals surface area contributed by atoms with Crippen LogP contribution < -0.4 is 10.2 Å². The zero-order chi connectivity index (χ0) is 24.7. The number of pyridine rings is 1. The monoisotopic (exact) mass is 480 g/mol. The van der Waals surface area contributed by atoms with Crippen LogP contribution in [0.25, 0.3) is 5.69 Å². The maximum Gasteiger partial charge on any atom is 0.174 e. The van der Waals surface area contributed by atoms with Crippen molar-refractivity contribution in [1.29, 1.82) is 0 Å². The lowest BCUT2D eigenvalue weighted by Crippen LogP contribution is -2.29. The fourth-order valence-corrected chi connectivity index (χ4v) is 5.49. The first-order valence-electron chi connectivity index (χ1n) is 12.2. The van der Waals surface area contributed by atoms with Crippen LogP contribution in [-0.4, -0.2) is 14.7 Å². The number of aryl methyl sites for hydroxylation is 2. The standard InChI is InChI=1S/C30H32N4S/c1-19(2)23-11-15-25(16-12-23)34-29(28(32-30(34)35)27-8-6-7-17-31-27)26-18-21(4)33(22(26)5)24-13-9-20(3)10-14-24/h6-19,28-29H,1-5H3,(H,32,35). The molecule has 178 valence electrons. The summed E-state index contributed by atoms with van der Waals surface area (Å²) in [6, 6.07) is 25.8. The summed E-state index contributed by atoms with van der Waals surface area (Å²) in [5, 5.41) is 4.32. The molecule has 1 saturated heterocycles. The Morgan fingerprint density at radius 2 is 1.57 bits per heavy atom. The van der Waals surface area contributed by atoms with Crippen molar-refractivity contribution < 1.29 is 0 Å². The largest absolute Gasteiger partial charge is 0.351 e. The third-order valence-electron chi connectivity index (χ3n) is 7.02. The molecule has 4 aromatic rings. The number of thiocarbonyl (C=S) groups is 1. The Labute approximate surface area is 213 Å². The third kappa shape index (κ3) is 4.25. The fourth-order valence-electron chi connectivity index (χ4n) is 5.15. The molecule has 0 radical (unpaired) electrons. The van der Waals surface area contributed by atoms with Gasteiger partial charge in [0.25, 0.3) is 0 Å². The second kappa shape index (κ2) is 9.31. The van der Waals surface area contributed by atoms with Crippen LogP contribution in [0.5, 0.6) is 0 Å². The van der Waals surface area contributed by atoms with Crippen LogP contribution >= 0.6 is 12.2 Å². The molecular weight excluding hydrogens is 448 g/mol. The Bertz CT molecular complexity index is 1340. The molecule has 0 spiro atoms. The van der Waals surface area contributed by atoms with Crippen LogP contribution in [0.2, 0.25) is 0 Å². The highest BCUT2D eigenvalue weighted by atomic mass is 32.1. The van der Waals surface area contributed by atoms with Gasteiger partial charge >= 0.3 is 0 Å². The van der Waals surface area contributed by atoms with E-state index in [4.69, 9.17) is 17.2 Å². The van der Waals surface area contributed by atoms with Gasteiger partial charge in [0, 0.05) is 29.0 Å². The van der Waals surface area contributed by atoms with Crippen molar-refractivity contribution in [1.82, 2.24) is 14.9 Å². The minimum Gasteiger partial charge on any atom is -0.351 e. The lowest BCUT2D eigenvalue weighted by Gasteiger charge is -2.28. The molecule has 0 bridgehead atoms. The molecule has 2 aromatic heterocycles. The van der Waals surface area contributed by atoms with Crippen molar-refractivity contribution >= 4 is 23.0 Å². The summed E-state index contributed by atoms with van der Waals surface area (Å²) in [5.41, 5.74) is 9.50. The molecule has 2 unspecified atom stereocenters. The highest BCUT2D eigenvalue weighted by Crippen LogP contribution is 2.43. The average molecular weight is 481 g/mol. The summed E-state index contributed by atoms with van der Waals surface area (Å²) in [6.07, 6.45) is 1.85. The Hall–Kier alpha value is -3.44. The van der Waals surface area contributed by atoms with E-state index in [-0.39, 0.29) is 12.1 Å². The Balaban J connectivity index is 1.65. The van der Waals surface area contributed by atoms with Crippen LogP contribution in [0.15, 0.2) is 79.0 Å². The highest BCUT2D eigenvalue weighted by molar-refractivity contribution is 7.80. The molecule has 1 aliphatic rings. The fraction of sp³-hybridized carbons (Fsp3) is 0.267. The summed E-state index contributed by atoms with van der Waals surface area (Å²) in [4.78, 5) is 6.97. The van der Waals surface area contributed by atoms with Gasteiger partial charge in [-0.05, 0) is 92.5 Å². The number of anilines is 1. The number of nitrogens with zero attached hydrogens (tertiary/aromatic N) is 3. The quantitative estimate of drug-likeness (QED) is 0.309. The summed E-state index contributed by atoms with van der Waals surface area (Å²) in [5.74, 6) is 0.484. The molecule has 2 atom stereocenters. The Morgan fingerprint density at radius 1 is 0.886 bits per heavy atom. The molecule has 3 heterocycles. The molecule has 0 aliphatic carbocycles. The maximum absolute atomic E-state index is 5.93. The van der Waals surface area contributed by atoms with Gasteiger partial charge in [-0.2, -0.15) is 0 Å². The average Bonchev–Trinajstić information content (AvgIpc) is 3.35. The molecule has 0 saturated carbocycles. The van der Waals surface area contributed by atoms with E-state index in [1.54, 1.807) is 0 Å². The molecule has 0 amide bonds. The van der Waals surface area contributed by atoms with Crippen LogP contribution in [-0.2, 0) is 0 Å². The number of hydrogen-bond acceptors (Lipinski definition) is 2. The zero-order valence-electron chi connectivity index (χ0n) is 21.0. The summed E-state index contributed by atoms with van der Waals surface area (Å²) in [6.45, 7) is 10.9. The molecule has 4 nitrogen and oxygen atoms in total. The van der Waals surface area contributed by atoms with Crippen molar-refractivity contribution in [3.05, 3.63) is 113 Å². The van der Waals surface area contributed by atoms with Gasteiger partial charge in [0.15, 0.2) is 5.11 Å². The van der Waals surface area contributed by atoms with Gasteiger partial charge in [-0.25, -0.2) is 0 Å². The first-order valence-corrected chi connectivity index (χ1v) is 12.6. The van der Waals surface area contributed by atoms with Crippen LogP contribution in [0.1, 0.15) is 65.6 Å². The molecule has 5 heteroatoms. The molecule has 2 aromatic carbocycles. The van der Waals surface area contributed by atoms with Gasteiger partial charge in [-0.3, -0.25) is 4.98 Å². The predicted octanol–water partition coefficient (Wildman–Crippen LogP) is 7.10. The second-order valence-electron chi connectivity index (χ2n) is 9.74. The number of hydrogen-bond donors (Lipinski definition) is 1. The van der Waals surface area contributed by atoms with E-state index in [1.807, 2.05) is 18.3 Å². The zero-order valence-corrected chi connectivity index (χ0v) is 21.8. The lowest BCUT2D eigenvalue weighted by molar-refractivity contribution is 0.565. The van der Waals surface area contributed by atoms with E-state index in [0.29, 0.717) is 5.92 Å². The lowest BCUT2D eigenvalue weighted by atomic mass is 9.96. The van der Waals surface area contributed by atoms with Crippen molar-refractivity contribution in [2.45, 2.75) is 52.6 Å². The Morgan fingerprint density at radius 3 is 2.20 bits per heavy atom. The number of aromatic nitrogens is 2. The molecule has 1 aliphatic heterocycles. The smallest absolute Gasteiger partial charge is 0.174 e. The topological polar surface area (TPSA) is 33.1 Å². The van der Waals surface area contributed by atoms with E-state index in [0.717, 1.165) is 16.5 Å². The number of benzene rings is 2. The van der Waals surface area contributed by atoms with Gasteiger partial charge in [-0.15, -0.1) is 0 Å². The molecule has 1 fully saturated rings. The van der Waals surface area contributed by atoms with Crippen LogP contribution in [0.4, 0.5) is 5.69 Å². The second-order valence-corrected chi connectivity index (χ2v) is 10.1. The molecule has 5 rings (SSSR count). The number of nitrogens with one attached hydrogen (secondary N) is 1. The first kappa shape index (κ1) is 23.3. The van der Waals surface area contributed by atoms with Gasteiger partial charge in [0.05, 0.1) is 17.8 Å². The van der Waals surface area contributed by atoms with Crippen LogP contribution in [0, 0.1) is 20.8 Å². The molecular formula is C30H32N4S. The highest BCUT2D eigenvalue weighted by Gasteiger charge is 2.42. The molecule has 35 heavy (non-hydrogen) atoms. The summed E-state index contributed by atoms with van der Waals surface area (Å²) >= 11 is 5.93. The predicted molar refractivity (Wildman–Crippen MR) is 148 cm³/mol. The first-order chi connectivity index (χ1) is 16.8. The minimum atomic E-state index is -0.0551. The maximum atomic E-state index is 5.93. The van der Waals surface area contributed by atoms with Gasteiger partial charge < -0.3 is 14.8 Å². The summed E-state index contributed by atoms with van der Waals surface area (Å²) in [7, 11) is 0. The normalized spacial score (nSPS) is 17.8. The summed E-state index contributed by atoms with van der Waals surface area (Å²) < 4.78 is 2.34. The molecule has 1 N–H and O–H groups in total. The van der Waals surface area contributed by atoms with Gasteiger partial charge in [0.2, 0.25) is 0 Å². The third-order valence-corrected chi connectivity index (χ3v) is 7.33. The Kier molecular flexibility index (Phi) is 6.20. The van der Waals surface area contributed by atoms with E-state index >= 15 is 0 Å². The van der Waals surface area contributed by atoms with E-state index in [9.17, 15) is 0 Å². The minimum absolute atomic E-state index is 0.0206. The SMILES string of the molecule is Cc1ccc(-n2c(C)cc(C3C(c4ccccn4)NC(=S)N3c3ccc(C(C)C)cc3)c2C)cc1. The van der Waals surface area contributed by atoms with Crippen molar-refractivity contribution in [3.8, 4) is 5.69 Å². The van der Waals surface area contributed by atoms with Crippen molar-refractivity contribution in [2.24, 2.45) is 0 Å². The number of rotatable bonds is 5. The van der Waals surface area contributed by atoms with Gasteiger partial charge in [0.1, 0.15) is 0 Å². The van der Waals surface area contributed by atoms with Crippen LogP contribution in [0.3, 0.4) is 0 Å². The van der Waals surface area contributed by atoms with E-state index < -0.39 is 0 Å². The van der Waals surface area contributed by atoms with E-state index in [2.05, 4.69) is 110 Å². The van der Waals surface area contributed by atoms with Crippen molar-refractivity contribution in [3.63, 3.8) is 0 Å².